The minimum absolute atomic E-state index is 0.0658. The van der Waals surface area contributed by atoms with Gasteiger partial charge in [-0.25, -0.2) is 0 Å². The third-order valence-corrected chi connectivity index (χ3v) is 22.8. The van der Waals surface area contributed by atoms with E-state index in [0.29, 0.717) is 67.0 Å². The van der Waals surface area contributed by atoms with Crippen LogP contribution < -0.4 is 33.7 Å². The van der Waals surface area contributed by atoms with Gasteiger partial charge in [0.2, 0.25) is 17.3 Å². The van der Waals surface area contributed by atoms with E-state index >= 15 is 0 Å². The van der Waals surface area contributed by atoms with Crippen molar-refractivity contribution in [3.05, 3.63) is 193 Å². The molecule has 6 aromatic carbocycles. The number of piperidine rings is 2. The Labute approximate surface area is 656 Å². The van der Waals surface area contributed by atoms with E-state index in [9.17, 15) is 19.2 Å². The molecule has 2 N–H and O–H groups in total. The molecule has 11 aliphatic heterocycles. The highest BCUT2D eigenvalue weighted by Gasteiger charge is 2.35. The van der Waals surface area contributed by atoms with E-state index in [4.69, 9.17) is 52.6 Å². The molecule has 0 atom stereocenters. The Balaban J connectivity index is 0.000000124. The van der Waals surface area contributed by atoms with Gasteiger partial charge in [0.05, 0.1) is 86.4 Å². The first kappa shape index (κ1) is 78.0. The topological polar surface area (TPSA) is 236 Å². The third-order valence-electron chi connectivity index (χ3n) is 22.8. The highest BCUT2D eigenvalue weighted by Crippen LogP contribution is 2.41. The first-order valence-corrected chi connectivity index (χ1v) is 40.3. The second-order valence-corrected chi connectivity index (χ2v) is 30.4. The average molecular weight is 1520 g/mol. The molecule has 112 heavy (non-hydrogen) atoms. The van der Waals surface area contributed by atoms with Crippen molar-refractivity contribution in [3.63, 3.8) is 0 Å². The Hall–Kier alpha value is -9.31. The fourth-order valence-corrected chi connectivity index (χ4v) is 16.1. The zero-order valence-electron chi connectivity index (χ0n) is 65.1. The van der Waals surface area contributed by atoms with E-state index in [-0.39, 0.29) is 24.0 Å². The van der Waals surface area contributed by atoms with Crippen LogP contribution in [-0.4, -0.2) is 252 Å². The summed E-state index contributed by atoms with van der Waals surface area (Å²) in [6.07, 6.45) is 12.1. The number of hydrogen-bond acceptors (Lipinski definition) is 23. The molecule has 6 fully saturated rings. The molecular formula is C88H105N11O13. The minimum atomic E-state index is -0.0781. The van der Waals surface area contributed by atoms with Crippen LogP contribution in [0.2, 0.25) is 0 Å². The van der Waals surface area contributed by atoms with Gasteiger partial charge < -0.3 is 47.9 Å². The molecule has 0 radical (unpaired) electrons. The number of carbonyl (C=O) groups excluding carboxylic acids is 4. The molecule has 12 heterocycles. The van der Waals surface area contributed by atoms with E-state index in [1.54, 1.807) is 6.08 Å². The molecule has 18 rings (SSSR count). The van der Waals surface area contributed by atoms with Crippen LogP contribution in [0.5, 0.6) is 34.5 Å². The summed E-state index contributed by atoms with van der Waals surface area (Å²) in [5.41, 5.74) is 16.1. The number of nitrogens with zero attached hydrogens (tertiary/aromatic N) is 9. The van der Waals surface area contributed by atoms with Gasteiger partial charge in [0.25, 0.3) is 0 Å². The van der Waals surface area contributed by atoms with Crippen molar-refractivity contribution < 1.29 is 61.8 Å². The van der Waals surface area contributed by atoms with Crippen LogP contribution in [0.15, 0.2) is 125 Å². The number of ether oxygens (including phenoxy) is 9. The van der Waals surface area contributed by atoms with Crippen LogP contribution in [0.4, 0.5) is 0 Å². The Morgan fingerprint density at radius 2 is 0.866 bits per heavy atom. The number of ketones is 3. The predicted molar refractivity (Wildman–Crippen MR) is 429 cm³/mol. The van der Waals surface area contributed by atoms with Gasteiger partial charge in [-0.15, -0.1) is 0 Å². The van der Waals surface area contributed by atoms with Gasteiger partial charge in [-0.2, -0.15) is 5.10 Å². The first-order chi connectivity index (χ1) is 54.9. The highest BCUT2D eigenvalue weighted by molar-refractivity contribution is 6.21. The number of aldehydes is 1. The number of carbonyl (C=O) groups is 4. The number of morpholine rings is 3. The van der Waals surface area contributed by atoms with Crippen LogP contribution in [0.3, 0.4) is 0 Å². The lowest BCUT2D eigenvalue weighted by molar-refractivity contribution is 0.0321. The van der Waals surface area contributed by atoms with Crippen molar-refractivity contribution in [1.82, 2.24) is 44.9 Å². The number of aromatic amines is 1. The standard InChI is InChI=1S/C30H35N3O4.C29H34N4O4.C15H19NO2.C14H17N3O3/c1-21-5-8-24-29(34)28(37-30(24)26(21)20-33-9-3-2-4-10-33)18-27-25-17-23(7-6-22(25)19-31-27)36-16-13-32-11-14-35-15-12-32;1-20-2-5-23-28(34)27(37-29(23)25(20)19-33-8-6-30-7-9-33)17-26-24-16-22(4-3-21(24)18-31-26)36-15-12-32-10-13-35-14-11-32;1-11-5-6-12-14(17)10-18-15(12)13(11)9-16-7-3-2-4-8-16;18-10-14-12-9-11(1-2-13(12)15-16-14)20-8-5-17-3-6-19-7-4-17/h5-8,17-18H,2-4,9-16,19-20H2,1H3;2-5,16-17,30H,6-15,18-19H2,1H3;5-6H,2-4,7-10H2,1H3;1-2,9-10H,3-8H2,(H,15,16)/b28-18-;27-17-;;. The molecule has 0 unspecified atom stereocenters. The van der Waals surface area contributed by atoms with Gasteiger partial charge in [-0.1, -0.05) is 43.2 Å². The molecular weight excluding hydrogens is 1420 g/mol. The predicted octanol–water partition coefficient (Wildman–Crippen LogP) is 10.4. The fraction of sp³-hybridized carbons (Fsp3) is 0.466. The van der Waals surface area contributed by atoms with E-state index in [1.165, 1.54) is 55.2 Å². The maximum atomic E-state index is 13.3. The molecule has 6 saturated heterocycles. The van der Waals surface area contributed by atoms with Crippen molar-refractivity contribution in [1.29, 1.82) is 0 Å². The van der Waals surface area contributed by atoms with E-state index in [1.807, 2.05) is 84.9 Å². The molecule has 24 nitrogen and oxygen atoms in total. The van der Waals surface area contributed by atoms with Gasteiger partial charge >= 0.3 is 0 Å². The number of H-pyrrole nitrogens is 1. The van der Waals surface area contributed by atoms with Crippen LogP contribution >= 0.6 is 0 Å². The molecule has 24 heteroatoms. The number of aliphatic imine (C=N–C) groups is 2. The van der Waals surface area contributed by atoms with Crippen LogP contribution in [0.1, 0.15) is 136 Å². The minimum Gasteiger partial charge on any atom is -0.492 e. The van der Waals surface area contributed by atoms with E-state index < -0.39 is 0 Å². The number of hydrogen-bond donors (Lipinski definition) is 2. The average Bonchev–Trinajstić information content (AvgIpc) is 1.64. The lowest BCUT2D eigenvalue weighted by atomic mass is 10.00. The monoisotopic (exact) mass is 1520 g/mol. The van der Waals surface area contributed by atoms with Crippen LogP contribution in [0, 0.1) is 20.8 Å². The van der Waals surface area contributed by atoms with Crippen molar-refractivity contribution in [3.8, 4) is 34.5 Å². The summed E-state index contributed by atoms with van der Waals surface area (Å²) in [5, 5.41) is 10.9. The number of aryl methyl sites for hydroxylation is 3. The second kappa shape index (κ2) is 37.6. The SMILES string of the molecule is Cc1ccc2c(c1CN1CCCCC1)O/C(=C\C1=NCc3ccc(OCCN4CCOCC4)cc31)C2=O.Cc1ccc2c(c1CN1CCCCC1)OCC2=O.Cc1ccc2c(c1CN1CCNCC1)O/C(=C\C1=NCc3ccc(OCCN4CCOCC4)cc31)C2=O.O=Cc1[nH]nc2ccc(OCCN3CCOCC3)cc12. The van der Waals surface area contributed by atoms with Gasteiger partial charge in [0.1, 0.15) is 60.0 Å². The largest absolute Gasteiger partial charge is 0.492 e. The summed E-state index contributed by atoms with van der Waals surface area (Å²) < 4.78 is 52.1. The number of allylic oxidation sites excluding steroid dienone is 4. The Morgan fingerprint density at radius 3 is 1.32 bits per heavy atom. The van der Waals surface area contributed by atoms with Crippen LogP contribution in [0.25, 0.3) is 10.9 Å². The molecule has 0 bridgehead atoms. The van der Waals surface area contributed by atoms with Crippen molar-refractivity contribution in [2.45, 2.75) is 92.0 Å². The molecule has 0 amide bonds. The number of piperazine rings is 1. The zero-order valence-corrected chi connectivity index (χ0v) is 65.1. The molecule has 0 aliphatic carbocycles. The number of likely N-dealkylation sites (tertiary alicyclic amines) is 2. The number of benzene rings is 6. The third kappa shape index (κ3) is 19.1. The summed E-state index contributed by atoms with van der Waals surface area (Å²) >= 11 is 0. The second-order valence-electron chi connectivity index (χ2n) is 30.4. The Morgan fingerprint density at radius 1 is 0.446 bits per heavy atom. The maximum absolute atomic E-state index is 13.3. The Bertz CT molecular complexity index is 4470. The lowest BCUT2D eigenvalue weighted by Crippen LogP contribution is -2.43. The number of Topliss-reactive ketones (excluding diaryl/α,β-unsaturated/α-hetero) is 3. The van der Waals surface area contributed by atoms with Crippen molar-refractivity contribution in [2.24, 2.45) is 9.98 Å². The number of aromatic nitrogens is 2. The normalized spacial score (nSPS) is 20.0. The summed E-state index contributed by atoms with van der Waals surface area (Å²) in [7, 11) is 0. The van der Waals surface area contributed by atoms with Crippen LogP contribution in [-0.2, 0) is 46.9 Å². The highest BCUT2D eigenvalue weighted by atomic mass is 16.5. The maximum Gasteiger partial charge on any atom is 0.232 e. The quantitative estimate of drug-likeness (QED) is 0.0502. The Kier molecular flexibility index (Phi) is 26.1. The smallest absolute Gasteiger partial charge is 0.232 e. The summed E-state index contributed by atoms with van der Waals surface area (Å²) in [6.45, 7) is 33.7. The van der Waals surface area contributed by atoms with Gasteiger partial charge in [-0.3, -0.25) is 63.7 Å². The summed E-state index contributed by atoms with van der Waals surface area (Å²) in [5.74, 6) is 5.32. The number of nitrogens with one attached hydrogen (secondary N) is 2. The van der Waals surface area contributed by atoms with Gasteiger partial charge in [-0.05, 0) is 161 Å². The van der Waals surface area contributed by atoms with E-state index in [0.717, 1.165) is 272 Å². The van der Waals surface area contributed by atoms with Crippen molar-refractivity contribution in [2.75, 3.05) is 177 Å². The molecule has 0 spiro atoms. The lowest BCUT2D eigenvalue weighted by Gasteiger charge is -2.28. The first-order valence-electron chi connectivity index (χ1n) is 40.3. The van der Waals surface area contributed by atoms with Gasteiger partial charge in [0, 0.05) is 150 Å². The summed E-state index contributed by atoms with van der Waals surface area (Å²) in [6, 6.07) is 29.6. The zero-order chi connectivity index (χ0) is 76.7. The number of fused-ring (bicyclic) bond motifs is 6. The molecule has 11 aliphatic rings. The fourth-order valence-electron chi connectivity index (χ4n) is 16.1. The molecule has 0 saturated carbocycles. The molecule has 7 aromatic rings. The summed E-state index contributed by atoms with van der Waals surface area (Å²) in [4.78, 5) is 73.0. The van der Waals surface area contributed by atoms with Gasteiger partial charge in [0.15, 0.2) is 24.4 Å². The number of rotatable bonds is 21. The van der Waals surface area contributed by atoms with Crippen molar-refractivity contribution >= 4 is 46.0 Å². The molecule has 590 valence electrons. The molecule has 1 aromatic heterocycles. The van der Waals surface area contributed by atoms with E-state index in [2.05, 4.69) is 77.8 Å².